The number of sulfonamides is 1. The van der Waals surface area contributed by atoms with Crippen LogP contribution < -0.4 is 10.0 Å². The van der Waals surface area contributed by atoms with Crippen LogP contribution in [0.15, 0.2) is 46.2 Å². The van der Waals surface area contributed by atoms with E-state index in [0.717, 1.165) is 21.7 Å². The fraction of sp³-hybridized carbons (Fsp3) is 0.409. The smallest absolute Gasteiger partial charge is 0.238 e. The molecule has 0 spiro atoms. The molecular weight excluding hydrogens is 404 g/mol. The molecule has 3 rings (SSSR count). The number of fused-ring (bicyclic) bond motifs is 1. The van der Waals surface area contributed by atoms with Crippen LogP contribution in [0.4, 0.5) is 5.69 Å². The van der Waals surface area contributed by atoms with Crippen molar-refractivity contribution in [3.8, 4) is 0 Å². The highest BCUT2D eigenvalue weighted by Crippen LogP contribution is 2.35. The van der Waals surface area contributed by atoms with Crippen LogP contribution in [-0.4, -0.2) is 26.1 Å². The zero-order valence-electron chi connectivity index (χ0n) is 17.5. The molecule has 2 aromatic rings. The Morgan fingerprint density at radius 2 is 1.90 bits per heavy atom. The number of anilines is 1. The Morgan fingerprint density at radius 3 is 2.52 bits per heavy atom. The number of hydrogen-bond donors (Lipinski definition) is 1. The fourth-order valence-electron chi connectivity index (χ4n) is 3.60. The number of hydrogen-bond acceptors (Lipinski definition) is 4. The van der Waals surface area contributed by atoms with Crippen molar-refractivity contribution in [2.45, 2.75) is 62.3 Å². The molecule has 0 aliphatic carbocycles. The molecule has 1 unspecified atom stereocenters. The number of aryl methyl sites for hydroxylation is 1. The molecule has 1 amide bonds. The van der Waals surface area contributed by atoms with Gasteiger partial charge in [0.1, 0.15) is 0 Å². The van der Waals surface area contributed by atoms with E-state index in [0.29, 0.717) is 12.2 Å². The third-order valence-electron chi connectivity index (χ3n) is 5.27. The second-order valence-corrected chi connectivity index (χ2v) is 11.2. The molecule has 1 aliphatic heterocycles. The van der Waals surface area contributed by atoms with E-state index in [1.807, 2.05) is 6.92 Å². The summed E-state index contributed by atoms with van der Waals surface area (Å²) in [5.41, 5.74) is 4.07. The summed E-state index contributed by atoms with van der Waals surface area (Å²) in [4.78, 5) is 16.0. The Balaban J connectivity index is 1.79. The number of amides is 1. The first kappa shape index (κ1) is 21.9. The summed E-state index contributed by atoms with van der Waals surface area (Å²) >= 11 is 1.55. The Labute approximate surface area is 177 Å². The molecule has 0 saturated heterocycles. The van der Waals surface area contributed by atoms with Gasteiger partial charge in [0.05, 0.1) is 10.6 Å². The van der Waals surface area contributed by atoms with E-state index >= 15 is 0 Å². The molecule has 0 bridgehead atoms. The Morgan fingerprint density at radius 1 is 1.21 bits per heavy atom. The van der Waals surface area contributed by atoms with Crippen LogP contribution in [0.5, 0.6) is 0 Å². The molecule has 7 heteroatoms. The van der Waals surface area contributed by atoms with Crippen molar-refractivity contribution in [1.29, 1.82) is 0 Å². The molecule has 156 valence electrons. The van der Waals surface area contributed by atoms with E-state index in [-0.39, 0.29) is 22.3 Å². The van der Waals surface area contributed by atoms with Gasteiger partial charge in [0.2, 0.25) is 15.9 Å². The maximum absolute atomic E-state index is 13.0. The van der Waals surface area contributed by atoms with Crippen molar-refractivity contribution in [3.05, 3.63) is 53.1 Å². The molecule has 1 atom stereocenters. The van der Waals surface area contributed by atoms with Crippen LogP contribution in [0.3, 0.4) is 0 Å². The molecule has 0 radical (unpaired) electrons. The normalized spacial score (nSPS) is 16.8. The number of carbonyl (C=O) groups is 1. The van der Waals surface area contributed by atoms with Gasteiger partial charge in [-0.3, -0.25) is 4.79 Å². The lowest BCUT2D eigenvalue weighted by Gasteiger charge is -2.23. The molecule has 0 saturated carbocycles. The lowest BCUT2D eigenvalue weighted by atomic mass is 9.87. The summed E-state index contributed by atoms with van der Waals surface area (Å²) in [6, 6.07) is 11.1. The van der Waals surface area contributed by atoms with Gasteiger partial charge in [0, 0.05) is 16.6 Å². The maximum Gasteiger partial charge on any atom is 0.238 e. The van der Waals surface area contributed by atoms with E-state index in [2.05, 4.69) is 45.9 Å². The van der Waals surface area contributed by atoms with Crippen molar-refractivity contribution >= 4 is 33.4 Å². The van der Waals surface area contributed by atoms with E-state index in [1.54, 1.807) is 28.8 Å². The highest BCUT2D eigenvalue weighted by Gasteiger charge is 2.31. The number of nitrogens with zero attached hydrogens (tertiary/aromatic N) is 1. The minimum absolute atomic E-state index is 0.0177. The van der Waals surface area contributed by atoms with E-state index in [1.165, 1.54) is 11.6 Å². The van der Waals surface area contributed by atoms with E-state index < -0.39 is 10.0 Å². The molecule has 1 aliphatic rings. The fourth-order valence-corrected chi connectivity index (χ4v) is 5.08. The maximum atomic E-state index is 13.0. The Hall–Kier alpha value is -1.83. The van der Waals surface area contributed by atoms with Gasteiger partial charge >= 0.3 is 0 Å². The predicted molar refractivity (Wildman–Crippen MR) is 119 cm³/mol. The van der Waals surface area contributed by atoms with Crippen LogP contribution in [-0.2, 0) is 26.7 Å². The SMILES string of the molecule is Cc1ccc(C(C)(C)C)cc1SCC(=O)N1c2ccc(S(N)(=O)=O)cc2CC1C. The van der Waals surface area contributed by atoms with Crippen molar-refractivity contribution in [1.82, 2.24) is 0 Å². The van der Waals surface area contributed by atoms with Gasteiger partial charge in [-0.2, -0.15) is 0 Å². The molecule has 0 aromatic heterocycles. The molecular formula is C22H28N2O3S2. The van der Waals surface area contributed by atoms with Gasteiger partial charge in [-0.1, -0.05) is 32.9 Å². The summed E-state index contributed by atoms with van der Waals surface area (Å²) in [6.07, 6.45) is 0.619. The third kappa shape index (κ3) is 4.68. The monoisotopic (exact) mass is 432 g/mol. The second kappa shape index (κ2) is 7.78. The number of nitrogens with two attached hydrogens (primary N) is 1. The van der Waals surface area contributed by atoms with Gasteiger partial charge in [-0.25, -0.2) is 13.6 Å². The highest BCUT2D eigenvalue weighted by molar-refractivity contribution is 8.00. The van der Waals surface area contributed by atoms with Crippen LogP contribution in [0.1, 0.15) is 44.4 Å². The zero-order chi connectivity index (χ0) is 21.6. The van der Waals surface area contributed by atoms with Crippen LogP contribution >= 0.6 is 11.8 Å². The third-order valence-corrected chi connectivity index (χ3v) is 7.32. The average molecular weight is 433 g/mol. The van der Waals surface area contributed by atoms with Crippen LogP contribution in [0, 0.1) is 6.92 Å². The number of carbonyl (C=O) groups excluding carboxylic acids is 1. The average Bonchev–Trinajstić information content (AvgIpc) is 2.94. The lowest BCUT2D eigenvalue weighted by molar-refractivity contribution is -0.116. The first-order valence-corrected chi connectivity index (χ1v) is 12.1. The minimum Gasteiger partial charge on any atom is -0.308 e. The number of primary sulfonamides is 1. The van der Waals surface area contributed by atoms with Crippen molar-refractivity contribution in [2.24, 2.45) is 5.14 Å². The molecule has 1 heterocycles. The molecule has 2 N–H and O–H groups in total. The molecule has 29 heavy (non-hydrogen) atoms. The summed E-state index contributed by atoms with van der Waals surface area (Å²) < 4.78 is 23.2. The summed E-state index contributed by atoms with van der Waals surface area (Å²) in [7, 11) is -3.75. The minimum atomic E-state index is -3.75. The van der Waals surface area contributed by atoms with E-state index in [9.17, 15) is 13.2 Å². The summed E-state index contributed by atoms with van der Waals surface area (Å²) in [6.45, 7) is 10.6. The largest absolute Gasteiger partial charge is 0.308 e. The number of rotatable bonds is 4. The highest BCUT2D eigenvalue weighted by atomic mass is 32.2. The van der Waals surface area contributed by atoms with Gasteiger partial charge in [-0.05, 0) is 66.6 Å². The Bertz CT molecular complexity index is 1060. The van der Waals surface area contributed by atoms with Crippen molar-refractivity contribution in [3.63, 3.8) is 0 Å². The molecule has 5 nitrogen and oxygen atoms in total. The lowest BCUT2D eigenvalue weighted by Crippen LogP contribution is -2.37. The van der Waals surface area contributed by atoms with Crippen molar-refractivity contribution in [2.75, 3.05) is 10.7 Å². The summed E-state index contributed by atoms with van der Waals surface area (Å²) in [5, 5.41) is 5.24. The van der Waals surface area contributed by atoms with Crippen molar-refractivity contribution < 1.29 is 13.2 Å². The zero-order valence-corrected chi connectivity index (χ0v) is 19.2. The standard InChI is InChI=1S/C22H28N2O3S2/c1-14-6-7-17(22(3,4)5)12-20(14)28-13-21(25)24-15(2)10-16-11-18(29(23,26)27)8-9-19(16)24/h6-9,11-12,15H,10,13H2,1-5H3,(H2,23,26,27). The first-order valence-electron chi connectivity index (χ1n) is 9.59. The van der Waals surface area contributed by atoms with Gasteiger partial charge in [0.15, 0.2) is 0 Å². The number of thioether (sulfide) groups is 1. The predicted octanol–water partition coefficient (Wildman–Crippen LogP) is 4.01. The van der Waals surface area contributed by atoms with Crippen LogP contribution in [0.25, 0.3) is 0 Å². The van der Waals surface area contributed by atoms with Crippen LogP contribution in [0.2, 0.25) is 0 Å². The Kier molecular flexibility index (Phi) is 5.87. The topological polar surface area (TPSA) is 80.5 Å². The summed E-state index contributed by atoms with van der Waals surface area (Å²) in [5.74, 6) is 0.347. The first-order chi connectivity index (χ1) is 13.4. The number of benzene rings is 2. The van der Waals surface area contributed by atoms with Gasteiger partial charge in [-0.15, -0.1) is 11.8 Å². The second-order valence-electron chi connectivity index (χ2n) is 8.67. The molecule has 2 aromatic carbocycles. The van der Waals surface area contributed by atoms with Gasteiger partial charge in [0.25, 0.3) is 0 Å². The quantitative estimate of drug-likeness (QED) is 0.740. The van der Waals surface area contributed by atoms with E-state index in [4.69, 9.17) is 5.14 Å². The van der Waals surface area contributed by atoms with Gasteiger partial charge < -0.3 is 4.90 Å². The molecule has 0 fully saturated rings.